The maximum atomic E-state index is 13.6. The zero-order valence-electron chi connectivity index (χ0n) is 22.9. The quantitative estimate of drug-likeness (QED) is 0.527. The van der Waals surface area contributed by atoms with Crippen molar-refractivity contribution in [3.05, 3.63) is 58.8 Å². The molecule has 2 aromatic carbocycles. The lowest BCUT2D eigenvalue weighted by Crippen LogP contribution is -2.32. The zero-order chi connectivity index (χ0) is 26.9. The van der Waals surface area contributed by atoms with Crippen molar-refractivity contribution >= 4 is 22.7 Å². The summed E-state index contributed by atoms with van der Waals surface area (Å²) >= 11 is 0. The molecule has 1 fully saturated rings. The van der Waals surface area contributed by atoms with E-state index in [0.29, 0.717) is 32.5 Å². The fourth-order valence-corrected chi connectivity index (χ4v) is 6.53. The van der Waals surface area contributed by atoms with Crippen LogP contribution in [0.5, 0.6) is 11.5 Å². The number of benzene rings is 2. The summed E-state index contributed by atoms with van der Waals surface area (Å²) < 4.78 is 11.4. The Morgan fingerprint density at radius 3 is 2.69 bits per heavy atom. The highest BCUT2D eigenvalue weighted by Crippen LogP contribution is 2.37. The molecule has 3 aliphatic heterocycles. The van der Waals surface area contributed by atoms with Crippen molar-refractivity contribution in [3.8, 4) is 11.5 Å². The van der Waals surface area contributed by atoms with Crippen LogP contribution < -0.4 is 14.8 Å². The maximum Gasteiger partial charge on any atom is 0.231 e. The van der Waals surface area contributed by atoms with Gasteiger partial charge in [0.05, 0.1) is 6.42 Å². The average Bonchev–Trinajstić information content (AvgIpc) is 3.62. The average molecular weight is 531 g/mol. The van der Waals surface area contributed by atoms with Gasteiger partial charge in [0.25, 0.3) is 0 Å². The van der Waals surface area contributed by atoms with Crippen LogP contribution in [-0.4, -0.2) is 66.6 Å². The molecule has 3 aromatic rings. The molecule has 0 bridgehead atoms. The Kier molecular flexibility index (Phi) is 7.21. The number of para-hydroxylation sites is 1. The first-order chi connectivity index (χ1) is 18.9. The lowest BCUT2D eigenvalue weighted by molar-refractivity contribution is -0.130. The SMILES string of the molecule is Cc1[nH]c2ccccc2c1CC(=O)N1C[C@H]2CCc3cc4c(cc3CN(C)CCCNC(=O)C[C@H]2C1)OCO4. The van der Waals surface area contributed by atoms with E-state index in [-0.39, 0.29) is 30.4 Å². The third kappa shape index (κ3) is 5.48. The third-order valence-corrected chi connectivity index (χ3v) is 8.69. The Balaban J connectivity index is 1.22. The van der Waals surface area contributed by atoms with Gasteiger partial charge in [0.1, 0.15) is 0 Å². The molecule has 0 spiro atoms. The van der Waals surface area contributed by atoms with Crippen LogP contribution in [0.2, 0.25) is 0 Å². The van der Waals surface area contributed by atoms with E-state index < -0.39 is 0 Å². The number of H-pyrrole nitrogens is 1. The largest absolute Gasteiger partial charge is 0.454 e. The van der Waals surface area contributed by atoms with Gasteiger partial charge in [-0.1, -0.05) is 18.2 Å². The summed E-state index contributed by atoms with van der Waals surface area (Å²) in [7, 11) is 2.12. The number of carbonyl (C=O) groups is 2. The van der Waals surface area contributed by atoms with Gasteiger partial charge in [-0.2, -0.15) is 0 Å². The van der Waals surface area contributed by atoms with Gasteiger partial charge < -0.3 is 29.6 Å². The number of nitrogens with one attached hydrogen (secondary N) is 2. The zero-order valence-corrected chi connectivity index (χ0v) is 22.9. The highest BCUT2D eigenvalue weighted by molar-refractivity contribution is 5.90. The summed E-state index contributed by atoms with van der Waals surface area (Å²) in [5, 5.41) is 4.23. The number of likely N-dealkylation sites (tertiary alicyclic amines) is 1. The summed E-state index contributed by atoms with van der Waals surface area (Å²) in [5.74, 6) is 2.28. The predicted molar refractivity (Wildman–Crippen MR) is 150 cm³/mol. The van der Waals surface area contributed by atoms with Crippen molar-refractivity contribution in [2.45, 2.75) is 45.6 Å². The number of aromatic amines is 1. The number of carbonyl (C=O) groups excluding carboxylic acids is 2. The molecule has 0 aliphatic carbocycles. The van der Waals surface area contributed by atoms with Crippen LogP contribution >= 0.6 is 0 Å². The van der Waals surface area contributed by atoms with Crippen LogP contribution in [0.3, 0.4) is 0 Å². The van der Waals surface area contributed by atoms with E-state index in [4.69, 9.17) is 9.47 Å². The maximum absolute atomic E-state index is 13.6. The van der Waals surface area contributed by atoms with E-state index in [1.165, 1.54) is 11.1 Å². The van der Waals surface area contributed by atoms with Gasteiger partial charge in [-0.25, -0.2) is 0 Å². The number of fused-ring (bicyclic) bond motifs is 4. The number of amides is 2. The molecule has 4 heterocycles. The standard InChI is InChI=1S/C31H38N4O4/c1-20-26(25-6-3-4-7-27(25)33-20)15-31(37)35-17-22-9-8-21-12-28-29(39-19-38-28)13-23(21)16-34(2)11-5-10-32-30(36)14-24(22)18-35/h3-4,6-7,12-13,22,24,33H,5,8-11,14-19H2,1-2H3,(H,32,36)/t22-,24+/m1/s1. The van der Waals surface area contributed by atoms with E-state index in [0.717, 1.165) is 66.0 Å². The van der Waals surface area contributed by atoms with E-state index in [9.17, 15) is 9.59 Å². The van der Waals surface area contributed by atoms with Crippen molar-refractivity contribution in [1.29, 1.82) is 0 Å². The van der Waals surface area contributed by atoms with Gasteiger partial charge in [-0.15, -0.1) is 0 Å². The number of aromatic nitrogens is 1. The number of hydrogen-bond acceptors (Lipinski definition) is 5. The van der Waals surface area contributed by atoms with Gasteiger partial charge in [0.15, 0.2) is 11.5 Å². The lowest BCUT2D eigenvalue weighted by Gasteiger charge is -2.22. The number of hydrogen-bond donors (Lipinski definition) is 2. The molecule has 0 unspecified atom stereocenters. The van der Waals surface area contributed by atoms with Crippen molar-refractivity contribution in [2.75, 3.05) is 40.0 Å². The molecule has 8 heteroatoms. The van der Waals surface area contributed by atoms with Gasteiger partial charge in [0.2, 0.25) is 18.6 Å². The Morgan fingerprint density at radius 2 is 1.85 bits per heavy atom. The van der Waals surface area contributed by atoms with Crippen LogP contribution in [0.15, 0.2) is 36.4 Å². The van der Waals surface area contributed by atoms with E-state index in [1.54, 1.807) is 0 Å². The highest BCUT2D eigenvalue weighted by Gasteiger charge is 2.36. The molecule has 8 nitrogen and oxygen atoms in total. The predicted octanol–water partition coefficient (Wildman–Crippen LogP) is 3.80. The van der Waals surface area contributed by atoms with Gasteiger partial charge >= 0.3 is 0 Å². The molecule has 206 valence electrons. The van der Waals surface area contributed by atoms with Gasteiger partial charge in [0, 0.05) is 49.2 Å². The van der Waals surface area contributed by atoms with Crippen LogP contribution in [0.4, 0.5) is 0 Å². The minimum absolute atomic E-state index is 0.0928. The third-order valence-electron chi connectivity index (χ3n) is 8.69. The number of nitrogens with zero attached hydrogens (tertiary/aromatic N) is 2. The van der Waals surface area contributed by atoms with Crippen LogP contribution in [0.25, 0.3) is 10.9 Å². The first-order valence-corrected chi connectivity index (χ1v) is 14.1. The topological polar surface area (TPSA) is 86.9 Å². The van der Waals surface area contributed by atoms with Gasteiger partial charge in [-0.3, -0.25) is 9.59 Å². The summed E-state index contributed by atoms with van der Waals surface area (Å²) in [6, 6.07) is 12.4. The molecule has 0 saturated carbocycles. The molecule has 2 N–H and O–H groups in total. The first-order valence-electron chi connectivity index (χ1n) is 14.1. The number of rotatable bonds is 2. The summed E-state index contributed by atoms with van der Waals surface area (Å²) in [6.45, 7) is 6.01. The van der Waals surface area contributed by atoms with Crippen molar-refractivity contribution in [1.82, 2.24) is 20.1 Å². The second kappa shape index (κ2) is 10.9. The summed E-state index contributed by atoms with van der Waals surface area (Å²) in [5.41, 5.74) is 5.71. The minimum Gasteiger partial charge on any atom is -0.454 e. The monoisotopic (exact) mass is 530 g/mol. The molecule has 39 heavy (non-hydrogen) atoms. The number of aryl methyl sites for hydroxylation is 2. The first kappa shape index (κ1) is 25.7. The van der Waals surface area contributed by atoms with Crippen LogP contribution in [0, 0.1) is 18.8 Å². The molecule has 3 aliphatic rings. The molecule has 2 atom stereocenters. The molecular formula is C31H38N4O4. The van der Waals surface area contributed by atoms with Crippen LogP contribution in [0.1, 0.15) is 41.6 Å². The van der Waals surface area contributed by atoms with E-state index in [2.05, 4.69) is 46.5 Å². The van der Waals surface area contributed by atoms with Gasteiger partial charge in [-0.05, 0) is 86.5 Å². The second-order valence-electron chi connectivity index (χ2n) is 11.4. The van der Waals surface area contributed by atoms with Crippen molar-refractivity contribution in [3.63, 3.8) is 0 Å². The molecule has 2 amide bonds. The van der Waals surface area contributed by atoms with Crippen LogP contribution in [-0.2, 0) is 29.0 Å². The fourth-order valence-electron chi connectivity index (χ4n) is 6.53. The van der Waals surface area contributed by atoms with Crippen molar-refractivity contribution < 1.29 is 19.1 Å². The smallest absolute Gasteiger partial charge is 0.231 e. The molecule has 0 radical (unpaired) electrons. The van der Waals surface area contributed by atoms with E-state index >= 15 is 0 Å². The van der Waals surface area contributed by atoms with Crippen molar-refractivity contribution in [2.24, 2.45) is 11.8 Å². The second-order valence-corrected chi connectivity index (χ2v) is 11.4. The highest BCUT2D eigenvalue weighted by atomic mass is 16.7. The molecule has 1 saturated heterocycles. The minimum atomic E-state index is 0.0928. The molecule has 1 aromatic heterocycles. The lowest BCUT2D eigenvalue weighted by atomic mass is 9.86. The normalized spacial score (nSPS) is 22.3. The molecule has 6 rings (SSSR count). The Labute approximate surface area is 229 Å². The Hall–Kier alpha value is -3.52. The Bertz CT molecular complexity index is 1380. The number of ether oxygens (including phenoxy) is 2. The summed E-state index contributed by atoms with van der Waals surface area (Å²) in [6.07, 6.45) is 3.53. The molecular weight excluding hydrogens is 492 g/mol. The summed E-state index contributed by atoms with van der Waals surface area (Å²) in [4.78, 5) is 34.2. The fraction of sp³-hybridized carbons (Fsp3) is 0.484. The van der Waals surface area contributed by atoms with E-state index in [1.807, 2.05) is 24.0 Å². The Morgan fingerprint density at radius 1 is 1.08 bits per heavy atom.